The highest BCUT2D eigenvalue weighted by Crippen LogP contribution is 2.54. The van der Waals surface area contributed by atoms with Crippen molar-refractivity contribution in [2.24, 2.45) is 11.8 Å². The lowest BCUT2D eigenvalue weighted by Gasteiger charge is -2.47. The van der Waals surface area contributed by atoms with Crippen molar-refractivity contribution in [3.8, 4) is 0 Å². The smallest absolute Gasteiger partial charge is 0.338 e. The van der Waals surface area contributed by atoms with Gasteiger partial charge >= 0.3 is 5.97 Å². The molecule has 6 bridgehead atoms. The number of benzene rings is 1. The van der Waals surface area contributed by atoms with Gasteiger partial charge in [-0.15, -0.1) is 0 Å². The lowest BCUT2D eigenvalue weighted by Crippen LogP contribution is -2.61. The number of halogens is 1. The number of hydrogen-bond donors (Lipinski definition) is 0. The lowest BCUT2D eigenvalue weighted by molar-refractivity contribution is -0.292. The fourth-order valence-electron chi connectivity index (χ4n) is 13.8. The second-order valence-electron chi connectivity index (χ2n) is 28.8. The van der Waals surface area contributed by atoms with Gasteiger partial charge in [0.15, 0.2) is 30.7 Å². The predicted octanol–water partition coefficient (Wildman–Crippen LogP) is 14.3. The van der Waals surface area contributed by atoms with Gasteiger partial charge in [-0.1, -0.05) is 117 Å². The quantitative estimate of drug-likeness (QED) is 0.0325. The molecule has 0 aromatic heterocycles. The van der Waals surface area contributed by atoms with Crippen molar-refractivity contribution >= 4 is 52.6 Å². The minimum Gasteiger partial charge on any atom is -0.458 e. The van der Waals surface area contributed by atoms with Gasteiger partial charge in [0.2, 0.25) is 0 Å². The molecule has 0 radical (unpaired) electrons. The molecule has 83 heavy (non-hydrogen) atoms. The van der Waals surface area contributed by atoms with Crippen LogP contribution in [0.4, 0.5) is 0 Å². The molecule has 0 amide bonds. The van der Waals surface area contributed by atoms with E-state index in [1.165, 1.54) is 0 Å². The number of methoxy groups -OCH3 is 1. The highest BCUT2D eigenvalue weighted by Gasteiger charge is 2.69. The third kappa shape index (κ3) is 15.9. The van der Waals surface area contributed by atoms with E-state index in [1.54, 1.807) is 19.2 Å². The molecule has 14 nitrogen and oxygen atoms in total. The van der Waals surface area contributed by atoms with Crippen molar-refractivity contribution in [2.45, 2.75) is 304 Å². The first-order valence-electron chi connectivity index (χ1n) is 31.9. The maximum Gasteiger partial charge on any atom is 0.338 e. The molecule has 0 N–H and O–H groups in total. The van der Waals surface area contributed by atoms with Crippen LogP contribution in [0.15, 0.2) is 53.5 Å². The topological polar surface area (TPSA) is 145 Å². The highest BCUT2D eigenvalue weighted by atomic mass is 79.9. The van der Waals surface area contributed by atoms with Crippen LogP contribution < -0.4 is 0 Å². The molecule has 1 aromatic rings. The number of carbonyl (C=O) groups excluding carboxylic acids is 2. The SMILES string of the molecule is C=C(Br)C[C@@H](CC[C@@]12CC3O[C@H]4C(O1)[C@H]1OC(CC(=O)CC5[C@@H](OC)C(CC(CO[Si](C)(C)C(C)(C)C)O[Si](C)(C)C(C)(C)C)O[C@H]5CC5O[C@@H](CCCO[Si](CC)(CC)CC)CC(C)C5=C)CCC1O[C@H]4C3O2)OC(=O)c1ccccc1. The van der Waals surface area contributed by atoms with Crippen molar-refractivity contribution in [1.82, 2.24) is 0 Å². The van der Waals surface area contributed by atoms with E-state index in [0.29, 0.717) is 57.1 Å². The molecule has 8 fully saturated rings. The number of ether oxygens (including phenoxy) is 9. The van der Waals surface area contributed by atoms with Gasteiger partial charge < -0.3 is 55.9 Å². The molecule has 8 saturated heterocycles. The number of hydrogen-bond acceptors (Lipinski definition) is 14. The summed E-state index contributed by atoms with van der Waals surface area (Å²) in [7, 11) is -4.35. The number of carbonyl (C=O) groups is 2. The van der Waals surface area contributed by atoms with Gasteiger partial charge in [-0.2, -0.15) is 0 Å². The van der Waals surface area contributed by atoms with E-state index < -0.39 is 49.1 Å². The van der Waals surface area contributed by atoms with E-state index >= 15 is 0 Å². The van der Waals surface area contributed by atoms with Gasteiger partial charge in [0.25, 0.3) is 0 Å². The van der Waals surface area contributed by atoms with Crippen molar-refractivity contribution in [3.05, 3.63) is 59.1 Å². The van der Waals surface area contributed by atoms with Crippen LogP contribution in [0.5, 0.6) is 0 Å². The molecule has 8 aliphatic rings. The zero-order valence-electron chi connectivity index (χ0n) is 53.4. The highest BCUT2D eigenvalue weighted by molar-refractivity contribution is 9.11. The van der Waals surface area contributed by atoms with Crippen molar-refractivity contribution in [3.63, 3.8) is 0 Å². The normalized spacial score (nSPS) is 34.4. The standard InChI is InChI=1S/C65H107BrO14Si3/c1-18-83(19-2,20-3)70-32-24-27-46-33-41(4)43(6)52(72-46)38-53-50(56(69-13)54(75-53)37-49(80-82(16,17)64(10,11)12)40-71-81(14,15)63(7,8)9)36-45(67)35-47-28-29-51-57(73-47)61-60-59(76-51)58-55(77-60)39-65(78-58,79-61)31-30-48(34-42(5)66)74-62(68)44-25-22-21-23-26-44/h21-23,25-26,41,46-61H,5-6,18-20,24,27-40H2,1-4,7-17H3/t41?,46-,47?,48+,49?,50?,51?,52?,53-,54?,55?,56+,57-,58?,59-,60+,61?,65-/m0/s1. The molecule has 0 aliphatic carbocycles. The average molecular weight is 1280 g/mol. The summed E-state index contributed by atoms with van der Waals surface area (Å²) in [6.45, 7) is 41.9. The Hall–Kier alpha value is -1.47. The van der Waals surface area contributed by atoms with Crippen LogP contribution in [0, 0.1) is 11.8 Å². The second-order valence-corrected chi connectivity index (χ2v) is 44.2. The van der Waals surface area contributed by atoms with E-state index in [1.807, 2.05) is 18.2 Å². The molecule has 0 spiro atoms. The number of Topliss-reactive ketones (excluding diaryl/α,β-unsaturated/α-hetero) is 1. The summed E-state index contributed by atoms with van der Waals surface area (Å²) in [5.74, 6) is -1.25. The van der Waals surface area contributed by atoms with Crippen LogP contribution >= 0.6 is 15.9 Å². The van der Waals surface area contributed by atoms with Gasteiger partial charge in [-0.25, -0.2) is 4.79 Å². The number of esters is 1. The van der Waals surface area contributed by atoms with E-state index in [9.17, 15) is 9.59 Å². The molecule has 8 aliphatic heterocycles. The molecule has 0 saturated carbocycles. The van der Waals surface area contributed by atoms with Gasteiger partial charge in [0.05, 0.1) is 67.1 Å². The Labute approximate surface area is 511 Å². The maximum atomic E-state index is 15.0. The molecule has 18 heteroatoms. The maximum absolute atomic E-state index is 15.0. The van der Waals surface area contributed by atoms with Crippen molar-refractivity contribution in [2.75, 3.05) is 20.3 Å². The van der Waals surface area contributed by atoms with E-state index in [2.05, 4.69) is 125 Å². The summed E-state index contributed by atoms with van der Waals surface area (Å²) >= 11 is 3.51. The second kappa shape index (κ2) is 27.7. The lowest BCUT2D eigenvalue weighted by atomic mass is 9.81. The fraction of sp³-hybridized carbons (Fsp3) is 0.815. The van der Waals surface area contributed by atoms with Gasteiger partial charge in [-0.3, -0.25) is 4.79 Å². The molecule has 10 unspecified atom stereocenters. The zero-order valence-corrected chi connectivity index (χ0v) is 58.0. The minimum atomic E-state index is -2.28. The summed E-state index contributed by atoms with van der Waals surface area (Å²) in [6, 6.07) is 12.5. The molecule has 18 atom stereocenters. The van der Waals surface area contributed by atoms with Crippen LogP contribution in [0.2, 0.25) is 54.4 Å². The first-order chi connectivity index (χ1) is 39.0. The molecule has 9 rings (SSSR count). The Morgan fingerprint density at radius 2 is 1.45 bits per heavy atom. The summed E-state index contributed by atoms with van der Waals surface area (Å²) in [5.41, 5.74) is 1.57. The van der Waals surface area contributed by atoms with Crippen LogP contribution in [-0.2, 0) is 60.7 Å². The Balaban J connectivity index is 0.982. The Morgan fingerprint density at radius 1 is 0.783 bits per heavy atom. The van der Waals surface area contributed by atoms with Crippen molar-refractivity contribution in [1.29, 1.82) is 0 Å². The zero-order chi connectivity index (χ0) is 60.5. The summed E-state index contributed by atoms with van der Waals surface area (Å²) < 4.78 is 83.3. The largest absolute Gasteiger partial charge is 0.458 e. The predicted molar refractivity (Wildman–Crippen MR) is 335 cm³/mol. The Bertz CT molecular complexity index is 2330. The first-order valence-corrected chi connectivity index (χ1v) is 41.1. The fourth-order valence-corrected chi connectivity index (χ4v) is 19.2. The number of rotatable bonds is 29. The van der Waals surface area contributed by atoms with E-state index in [4.69, 9.17) is 55.9 Å². The summed E-state index contributed by atoms with van der Waals surface area (Å²) in [4.78, 5) is 28.2. The van der Waals surface area contributed by atoms with Gasteiger partial charge in [-0.05, 0) is 121 Å². The summed E-state index contributed by atoms with van der Waals surface area (Å²) in [5, 5.41) is 0.00586. The number of fused-ring (bicyclic) bond motifs is 1. The first kappa shape index (κ1) is 67.5. The monoisotopic (exact) mass is 1270 g/mol. The van der Waals surface area contributed by atoms with Crippen LogP contribution in [0.1, 0.15) is 163 Å². The molecule has 8 heterocycles. The molecule has 470 valence electrons. The molecule has 1 aromatic carbocycles. The van der Waals surface area contributed by atoms with Crippen LogP contribution in [0.3, 0.4) is 0 Å². The Kier molecular flexibility index (Phi) is 22.5. The third-order valence-corrected chi connectivity index (χ3v) is 35.1. The van der Waals surface area contributed by atoms with Crippen molar-refractivity contribution < 1.29 is 65.5 Å². The van der Waals surface area contributed by atoms with Crippen LogP contribution in [-0.4, -0.2) is 154 Å². The van der Waals surface area contributed by atoms with Gasteiger partial charge in [0, 0.05) is 64.6 Å². The van der Waals surface area contributed by atoms with Crippen LogP contribution in [0.25, 0.3) is 0 Å². The molecular weight excluding hydrogens is 1170 g/mol. The number of ketones is 1. The summed E-state index contributed by atoms with van der Waals surface area (Å²) in [6.07, 6.45) is 3.17. The van der Waals surface area contributed by atoms with E-state index in [0.717, 1.165) is 60.5 Å². The van der Waals surface area contributed by atoms with Gasteiger partial charge in [0.1, 0.15) is 42.4 Å². The Morgan fingerprint density at radius 3 is 2.10 bits per heavy atom. The third-order valence-electron chi connectivity index (χ3n) is 21.1. The minimum absolute atomic E-state index is 0.0211. The molecular formula is C65H107BrO14Si3. The van der Waals surface area contributed by atoms with E-state index in [-0.39, 0.29) is 120 Å². The average Bonchev–Trinajstić information content (AvgIpc) is 1.66.